The number of rotatable bonds is 6. The first-order valence-electron chi connectivity index (χ1n) is 6.17. The molecule has 1 atom stereocenters. The van der Waals surface area contributed by atoms with Gasteiger partial charge in [0.25, 0.3) is 5.69 Å². The molecule has 0 heterocycles. The smallest absolute Gasteiger partial charge is 0.269 e. The van der Waals surface area contributed by atoms with Crippen LogP contribution in [-0.2, 0) is 4.79 Å². The van der Waals surface area contributed by atoms with Crippen molar-refractivity contribution in [3.63, 3.8) is 0 Å². The highest BCUT2D eigenvalue weighted by molar-refractivity contribution is 5.78. The van der Waals surface area contributed by atoms with E-state index < -0.39 is 4.92 Å². The van der Waals surface area contributed by atoms with E-state index in [0.717, 1.165) is 5.56 Å². The average Bonchev–Trinajstić information content (AvgIpc) is 2.35. The number of non-ortho nitro benzene ring substituents is 1. The predicted molar refractivity (Wildman–Crippen MR) is 72.8 cm³/mol. The third-order valence-corrected chi connectivity index (χ3v) is 2.62. The van der Waals surface area contributed by atoms with Crippen LogP contribution in [0.4, 0.5) is 5.69 Å². The van der Waals surface area contributed by atoms with E-state index in [-0.39, 0.29) is 30.2 Å². The van der Waals surface area contributed by atoms with Gasteiger partial charge in [0.1, 0.15) is 0 Å². The fourth-order valence-electron chi connectivity index (χ4n) is 1.62. The molecule has 1 aromatic rings. The van der Waals surface area contributed by atoms with Gasteiger partial charge >= 0.3 is 0 Å². The quantitative estimate of drug-likeness (QED) is 0.606. The van der Waals surface area contributed by atoms with Gasteiger partial charge in [0, 0.05) is 24.2 Å². The summed E-state index contributed by atoms with van der Waals surface area (Å²) in [6.07, 6.45) is 0. The van der Waals surface area contributed by atoms with Gasteiger partial charge in [-0.05, 0) is 26.3 Å². The number of benzene rings is 1. The summed E-state index contributed by atoms with van der Waals surface area (Å²) in [5.41, 5.74) is 0.969. The van der Waals surface area contributed by atoms with Crippen molar-refractivity contribution in [2.45, 2.75) is 32.9 Å². The first-order valence-corrected chi connectivity index (χ1v) is 6.17. The number of hydrogen-bond acceptors (Lipinski definition) is 4. The Hall–Kier alpha value is -1.95. The van der Waals surface area contributed by atoms with Crippen LogP contribution in [-0.4, -0.2) is 23.4 Å². The Morgan fingerprint density at radius 3 is 2.32 bits per heavy atom. The number of carbonyl (C=O) groups is 1. The van der Waals surface area contributed by atoms with Crippen molar-refractivity contribution in [2.24, 2.45) is 0 Å². The summed E-state index contributed by atoms with van der Waals surface area (Å²) >= 11 is 0. The van der Waals surface area contributed by atoms with Crippen LogP contribution in [0.5, 0.6) is 0 Å². The van der Waals surface area contributed by atoms with E-state index in [1.165, 1.54) is 12.1 Å². The molecular formula is C13H19N3O3. The van der Waals surface area contributed by atoms with Crippen molar-refractivity contribution in [1.82, 2.24) is 10.6 Å². The molecule has 1 amide bonds. The van der Waals surface area contributed by atoms with Gasteiger partial charge in [0.15, 0.2) is 0 Å². The number of amides is 1. The molecule has 6 nitrogen and oxygen atoms in total. The van der Waals surface area contributed by atoms with Crippen LogP contribution in [0.15, 0.2) is 24.3 Å². The maximum absolute atomic E-state index is 11.5. The second kappa shape index (κ2) is 6.84. The van der Waals surface area contributed by atoms with Crippen LogP contribution < -0.4 is 10.6 Å². The number of nitrogens with one attached hydrogen (secondary N) is 2. The van der Waals surface area contributed by atoms with E-state index in [0.29, 0.717) is 0 Å². The lowest BCUT2D eigenvalue weighted by molar-refractivity contribution is -0.384. The molecule has 0 bridgehead atoms. The maximum atomic E-state index is 11.5. The fraction of sp³-hybridized carbons (Fsp3) is 0.462. The van der Waals surface area contributed by atoms with E-state index in [2.05, 4.69) is 10.6 Å². The van der Waals surface area contributed by atoms with Gasteiger partial charge < -0.3 is 10.6 Å². The highest BCUT2D eigenvalue weighted by Crippen LogP contribution is 2.17. The minimum atomic E-state index is -0.433. The maximum Gasteiger partial charge on any atom is 0.269 e. The van der Waals surface area contributed by atoms with Gasteiger partial charge in [0.2, 0.25) is 5.91 Å². The van der Waals surface area contributed by atoms with Crippen molar-refractivity contribution in [2.75, 3.05) is 6.54 Å². The molecule has 1 unspecified atom stereocenters. The normalized spacial score (nSPS) is 12.2. The summed E-state index contributed by atoms with van der Waals surface area (Å²) in [7, 11) is 0. The predicted octanol–water partition coefficient (Wildman–Crippen LogP) is 1.77. The fourth-order valence-corrected chi connectivity index (χ4v) is 1.62. The van der Waals surface area contributed by atoms with Gasteiger partial charge in [-0.25, -0.2) is 0 Å². The van der Waals surface area contributed by atoms with Crippen LogP contribution in [0.1, 0.15) is 32.4 Å². The van der Waals surface area contributed by atoms with Crippen LogP contribution in [0.25, 0.3) is 0 Å². The molecule has 0 radical (unpaired) electrons. The standard InChI is InChI=1S/C13H19N3O3/c1-9(2)15-13(17)8-14-10(3)11-4-6-12(7-5-11)16(18)19/h4-7,9-10,14H,8H2,1-3H3,(H,15,17). The van der Waals surface area contributed by atoms with Crippen LogP contribution in [0.2, 0.25) is 0 Å². The Kier molecular flexibility index (Phi) is 5.44. The minimum absolute atomic E-state index is 0.0429. The lowest BCUT2D eigenvalue weighted by atomic mass is 10.1. The van der Waals surface area contributed by atoms with Crippen molar-refractivity contribution in [3.8, 4) is 0 Å². The molecule has 2 N–H and O–H groups in total. The molecule has 0 spiro atoms. The molecule has 0 aliphatic heterocycles. The summed E-state index contributed by atoms with van der Waals surface area (Å²) < 4.78 is 0. The SMILES string of the molecule is CC(C)NC(=O)CNC(C)c1ccc([N+](=O)[O-])cc1. The molecular weight excluding hydrogens is 246 g/mol. The Bertz CT molecular complexity index is 443. The first kappa shape index (κ1) is 15.1. The monoisotopic (exact) mass is 265 g/mol. The number of nitrogens with zero attached hydrogens (tertiary/aromatic N) is 1. The van der Waals surface area contributed by atoms with Gasteiger partial charge in [-0.1, -0.05) is 12.1 Å². The van der Waals surface area contributed by atoms with E-state index >= 15 is 0 Å². The third kappa shape index (κ3) is 5.05. The zero-order valence-electron chi connectivity index (χ0n) is 11.3. The zero-order valence-corrected chi connectivity index (χ0v) is 11.3. The minimum Gasteiger partial charge on any atom is -0.353 e. The van der Waals surface area contributed by atoms with E-state index in [9.17, 15) is 14.9 Å². The van der Waals surface area contributed by atoms with E-state index in [4.69, 9.17) is 0 Å². The molecule has 0 aromatic heterocycles. The molecule has 19 heavy (non-hydrogen) atoms. The molecule has 0 fully saturated rings. The molecule has 0 aliphatic rings. The Morgan fingerprint density at radius 2 is 1.84 bits per heavy atom. The summed E-state index contributed by atoms with van der Waals surface area (Å²) in [6, 6.07) is 6.37. The van der Waals surface area contributed by atoms with Gasteiger partial charge in [-0.2, -0.15) is 0 Å². The summed E-state index contributed by atoms with van der Waals surface area (Å²) in [5.74, 6) is -0.0660. The number of carbonyl (C=O) groups excluding carboxylic acids is 1. The largest absolute Gasteiger partial charge is 0.353 e. The first-order chi connectivity index (χ1) is 8.90. The highest BCUT2D eigenvalue weighted by atomic mass is 16.6. The molecule has 1 rings (SSSR count). The Labute approximate surface area is 112 Å². The highest BCUT2D eigenvalue weighted by Gasteiger charge is 2.10. The topological polar surface area (TPSA) is 84.3 Å². The Morgan fingerprint density at radius 1 is 1.26 bits per heavy atom. The van der Waals surface area contributed by atoms with Crippen LogP contribution >= 0.6 is 0 Å². The van der Waals surface area contributed by atoms with Crippen LogP contribution in [0, 0.1) is 10.1 Å². The molecule has 1 aromatic carbocycles. The molecule has 0 saturated carbocycles. The van der Waals surface area contributed by atoms with Crippen molar-refractivity contribution in [3.05, 3.63) is 39.9 Å². The lowest BCUT2D eigenvalue weighted by Crippen LogP contribution is -2.38. The van der Waals surface area contributed by atoms with Crippen molar-refractivity contribution >= 4 is 11.6 Å². The van der Waals surface area contributed by atoms with Crippen LogP contribution in [0.3, 0.4) is 0 Å². The molecule has 6 heteroatoms. The average molecular weight is 265 g/mol. The molecule has 0 aliphatic carbocycles. The second-order valence-corrected chi connectivity index (χ2v) is 4.67. The Balaban J connectivity index is 2.51. The van der Waals surface area contributed by atoms with Crippen molar-refractivity contribution in [1.29, 1.82) is 0 Å². The molecule has 104 valence electrons. The van der Waals surface area contributed by atoms with Gasteiger partial charge in [0.05, 0.1) is 11.5 Å². The summed E-state index contributed by atoms with van der Waals surface area (Å²) in [4.78, 5) is 21.6. The number of nitro benzene ring substituents is 1. The van der Waals surface area contributed by atoms with E-state index in [1.54, 1.807) is 12.1 Å². The number of hydrogen-bond donors (Lipinski definition) is 2. The van der Waals surface area contributed by atoms with Gasteiger partial charge in [-0.3, -0.25) is 14.9 Å². The second-order valence-electron chi connectivity index (χ2n) is 4.67. The summed E-state index contributed by atoms with van der Waals surface area (Å²) in [6.45, 7) is 5.93. The lowest BCUT2D eigenvalue weighted by Gasteiger charge is -2.15. The summed E-state index contributed by atoms with van der Waals surface area (Å²) in [5, 5.41) is 16.4. The van der Waals surface area contributed by atoms with Crippen molar-refractivity contribution < 1.29 is 9.72 Å². The zero-order chi connectivity index (χ0) is 14.4. The van der Waals surface area contributed by atoms with E-state index in [1.807, 2.05) is 20.8 Å². The number of nitro groups is 1. The third-order valence-electron chi connectivity index (χ3n) is 2.62. The molecule has 0 saturated heterocycles. The van der Waals surface area contributed by atoms with Gasteiger partial charge in [-0.15, -0.1) is 0 Å².